The number of hydrogen-bond donors (Lipinski definition) is 2. The zero-order valence-corrected chi connectivity index (χ0v) is 20.5. The molecule has 0 bridgehead atoms. The first-order chi connectivity index (χ1) is 17.0. The molecule has 0 radical (unpaired) electrons. The van der Waals surface area contributed by atoms with E-state index < -0.39 is 17.7 Å². The Morgan fingerprint density at radius 3 is 2.69 bits per heavy atom. The SMILES string of the molecule is COc1ccc2[nH]cc(CCN3C(=O)C(=O)/C(=C(\O)c4ccc(Br)cc4)C3c3cccnc3)c2c1. The third-order valence-corrected chi connectivity index (χ3v) is 6.78. The molecule has 8 heteroatoms. The first kappa shape index (κ1) is 22.9. The highest BCUT2D eigenvalue weighted by molar-refractivity contribution is 9.10. The summed E-state index contributed by atoms with van der Waals surface area (Å²) in [4.78, 5) is 35.3. The number of ether oxygens (including phenoxy) is 1. The molecule has 2 aromatic heterocycles. The Morgan fingerprint density at radius 1 is 1.17 bits per heavy atom. The predicted molar refractivity (Wildman–Crippen MR) is 136 cm³/mol. The Kier molecular flexibility index (Phi) is 6.13. The maximum absolute atomic E-state index is 13.2. The number of ketones is 1. The van der Waals surface area contributed by atoms with Gasteiger partial charge in [-0.25, -0.2) is 0 Å². The van der Waals surface area contributed by atoms with Gasteiger partial charge < -0.3 is 19.7 Å². The van der Waals surface area contributed by atoms with E-state index >= 15 is 0 Å². The summed E-state index contributed by atoms with van der Waals surface area (Å²) in [6, 6.07) is 15.5. The molecule has 1 saturated heterocycles. The lowest BCUT2D eigenvalue weighted by Crippen LogP contribution is -2.31. The molecule has 2 aromatic carbocycles. The number of amides is 1. The number of H-pyrrole nitrogens is 1. The molecule has 7 nitrogen and oxygen atoms in total. The van der Waals surface area contributed by atoms with Crippen LogP contribution in [0.5, 0.6) is 5.75 Å². The maximum atomic E-state index is 13.2. The van der Waals surface area contributed by atoms with Crippen molar-refractivity contribution >= 4 is 44.3 Å². The molecule has 1 unspecified atom stereocenters. The van der Waals surface area contributed by atoms with Crippen LogP contribution in [-0.2, 0) is 16.0 Å². The van der Waals surface area contributed by atoms with Gasteiger partial charge in [-0.2, -0.15) is 0 Å². The predicted octanol–water partition coefficient (Wildman–Crippen LogP) is 5.00. The summed E-state index contributed by atoms with van der Waals surface area (Å²) in [5, 5.41) is 12.1. The summed E-state index contributed by atoms with van der Waals surface area (Å²) < 4.78 is 6.19. The average molecular weight is 532 g/mol. The van der Waals surface area contributed by atoms with Crippen LogP contribution in [0.3, 0.4) is 0 Å². The van der Waals surface area contributed by atoms with Crippen molar-refractivity contribution in [1.29, 1.82) is 0 Å². The molecule has 176 valence electrons. The number of benzene rings is 2. The number of nitrogens with zero attached hydrogens (tertiary/aromatic N) is 2. The van der Waals surface area contributed by atoms with Crippen molar-refractivity contribution in [1.82, 2.24) is 14.9 Å². The molecule has 2 N–H and O–H groups in total. The lowest BCUT2D eigenvalue weighted by Gasteiger charge is -2.25. The van der Waals surface area contributed by atoms with Crippen molar-refractivity contribution < 1.29 is 19.4 Å². The Hall–Kier alpha value is -3.91. The minimum absolute atomic E-state index is 0.0610. The quantitative estimate of drug-likeness (QED) is 0.207. The zero-order valence-electron chi connectivity index (χ0n) is 18.9. The van der Waals surface area contributed by atoms with Crippen LogP contribution < -0.4 is 4.74 Å². The second kappa shape index (κ2) is 9.38. The third-order valence-electron chi connectivity index (χ3n) is 6.25. The van der Waals surface area contributed by atoms with Crippen molar-refractivity contribution in [2.24, 2.45) is 0 Å². The fraction of sp³-hybridized carbons (Fsp3) is 0.148. The highest BCUT2D eigenvalue weighted by Gasteiger charge is 2.46. The van der Waals surface area contributed by atoms with E-state index in [1.807, 2.05) is 30.5 Å². The molecule has 1 amide bonds. The number of methoxy groups -OCH3 is 1. The molecule has 1 atom stereocenters. The van der Waals surface area contributed by atoms with Gasteiger partial charge in [-0.3, -0.25) is 14.6 Å². The van der Waals surface area contributed by atoms with Gasteiger partial charge in [-0.1, -0.05) is 34.1 Å². The number of carbonyl (C=O) groups excluding carboxylic acids is 2. The van der Waals surface area contributed by atoms with E-state index in [0.29, 0.717) is 17.5 Å². The summed E-state index contributed by atoms with van der Waals surface area (Å²) in [6.45, 7) is 0.283. The van der Waals surface area contributed by atoms with Crippen LogP contribution in [0.15, 0.2) is 83.2 Å². The summed E-state index contributed by atoms with van der Waals surface area (Å²) in [6.07, 6.45) is 5.66. The van der Waals surface area contributed by atoms with Gasteiger partial charge in [-0.15, -0.1) is 0 Å². The molecule has 35 heavy (non-hydrogen) atoms. The number of likely N-dealkylation sites (tertiary alicyclic amines) is 1. The van der Waals surface area contributed by atoms with Gasteiger partial charge in [0.25, 0.3) is 11.7 Å². The van der Waals surface area contributed by atoms with Gasteiger partial charge in [0.2, 0.25) is 0 Å². The fourth-order valence-corrected chi connectivity index (χ4v) is 4.75. The summed E-state index contributed by atoms with van der Waals surface area (Å²) >= 11 is 3.38. The molecule has 5 rings (SSSR count). The summed E-state index contributed by atoms with van der Waals surface area (Å²) in [7, 11) is 1.62. The molecular formula is C27H22BrN3O4. The largest absolute Gasteiger partial charge is 0.507 e. The van der Waals surface area contributed by atoms with Crippen LogP contribution in [0.4, 0.5) is 0 Å². The summed E-state index contributed by atoms with van der Waals surface area (Å²) in [5.74, 6) is -0.817. The number of nitrogens with one attached hydrogen (secondary N) is 1. The zero-order chi connectivity index (χ0) is 24.5. The number of aromatic nitrogens is 2. The topological polar surface area (TPSA) is 95.5 Å². The van der Waals surface area contributed by atoms with E-state index in [0.717, 1.165) is 26.7 Å². The molecule has 4 aromatic rings. The van der Waals surface area contributed by atoms with E-state index in [1.54, 1.807) is 49.8 Å². The number of fused-ring (bicyclic) bond motifs is 1. The number of hydrogen-bond acceptors (Lipinski definition) is 5. The minimum atomic E-state index is -0.743. The van der Waals surface area contributed by atoms with Crippen LogP contribution in [0.1, 0.15) is 22.7 Å². The molecule has 1 fully saturated rings. The van der Waals surface area contributed by atoms with E-state index in [2.05, 4.69) is 25.9 Å². The van der Waals surface area contributed by atoms with E-state index in [-0.39, 0.29) is 17.9 Å². The lowest BCUT2D eigenvalue weighted by molar-refractivity contribution is -0.139. The summed E-state index contributed by atoms with van der Waals surface area (Å²) in [5.41, 5.74) is 3.14. The smallest absolute Gasteiger partial charge is 0.295 e. The van der Waals surface area contributed by atoms with Crippen LogP contribution in [-0.4, -0.2) is 45.3 Å². The van der Waals surface area contributed by atoms with Crippen molar-refractivity contribution in [3.05, 3.63) is 99.9 Å². The maximum Gasteiger partial charge on any atom is 0.295 e. The van der Waals surface area contributed by atoms with E-state index in [4.69, 9.17) is 4.74 Å². The van der Waals surface area contributed by atoms with Gasteiger partial charge in [0.05, 0.1) is 18.7 Å². The van der Waals surface area contributed by atoms with Crippen molar-refractivity contribution in [2.75, 3.05) is 13.7 Å². The molecular weight excluding hydrogens is 510 g/mol. The van der Waals surface area contributed by atoms with E-state index in [1.165, 1.54) is 4.90 Å². The highest BCUT2D eigenvalue weighted by atomic mass is 79.9. The number of aliphatic hydroxyl groups excluding tert-OH is 1. The normalized spacial score (nSPS) is 17.3. The Balaban J connectivity index is 1.54. The first-order valence-corrected chi connectivity index (χ1v) is 11.9. The number of Topliss-reactive ketones (excluding diaryl/α,β-unsaturated/α-hetero) is 1. The second-order valence-corrected chi connectivity index (χ2v) is 9.18. The molecule has 3 heterocycles. The monoisotopic (exact) mass is 531 g/mol. The van der Waals surface area contributed by atoms with Gasteiger partial charge in [-0.05, 0) is 53.9 Å². The molecule has 1 aliphatic rings. The van der Waals surface area contributed by atoms with Crippen LogP contribution >= 0.6 is 15.9 Å². The number of rotatable bonds is 6. The second-order valence-electron chi connectivity index (χ2n) is 8.26. The molecule has 0 spiro atoms. The van der Waals surface area contributed by atoms with Crippen LogP contribution in [0, 0.1) is 0 Å². The Labute approximate surface area is 210 Å². The molecule has 0 aliphatic carbocycles. The number of aromatic amines is 1. The van der Waals surface area contributed by atoms with Gasteiger partial charge in [0, 0.05) is 46.1 Å². The van der Waals surface area contributed by atoms with Crippen molar-refractivity contribution in [3.8, 4) is 5.75 Å². The van der Waals surface area contributed by atoms with E-state index in [9.17, 15) is 14.7 Å². The molecule has 1 aliphatic heterocycles. The Bertz CT molecular complexity index is 1440. The standard InChI is InChI=1S/C27H22BrN3O4/c1-35-20-8-9-22-21(13-20)17(15-30-22)10-12-31-24(18-3-2-11-29-14-18)23(26(33)27(31)34)25(32)16-4-6-19(28)7-5-16/h2-9,11,13-15,24,30,32H,10,12H2,1H3/b25-23-. The minimum Gasteiger partial charge on any atom is -0.507 e. The van der Waals surface area contributed by atoms with Crippen molar-refractivity contribution in [3.63, 3.8) is 0 Å². The molecule has 0 saturated carbocycles. The number of carbonyl (C=O) groups is 2. The van der Waals surface area contributed by atoms with Crippen molar-refractivity contribution in [2.45, 2.75) is 12.5 Å². The average Bonchev–Trinajstić information content (AvgIpc) is 3.40. The lowest BCUT2D eigenvalue weighted by atomic mass is 9.96. The third kappa shape index (κ3) is 4.21. The van der Waals surface area contributed by atoms with Crippen LogP contribution in [0.2, 0.25) is 0 Å². The van der Waals surface area contributed by atoms with Gasteiger partial charge >= 0.3 is 0 Å². The fourth-order valence-electron chi connectivity index (χ4n) is 4.49. The van der Waals surface area contributed by atoms with Gasteiger partial charge in [0.15, 0.2) is 0 Å². The number of aliphatic hydroxyl groups is 1. The van der Waals surface area contributed by atoms with Crippen LogP contribution in [0.25, 0.3) is 16.7 Å². The first-order valence-electron chi connectivity index (χ1n) is 11.1. The van der Waals surface area contributed by atoms with Gasteiger partial charge in [0.1, 0.15) is 11.5 Å². The number of halogens is 1. The Morgan fingerprint density at radius 2 is 1.97 bits per heavy atom. The number of pyridine rings is 1. The highest BCUT2D eigenvalue weighted by Crippen LogP contribution is 2.39.